The largest absolute Gasteiger partial charge is 0.481 e. The Kier molecular flexibility index (Phi) is 11.5. The number of esters is 1. The summed E-state index contributed by atoms with van der Waals surface area (Å²) in [5.41, 5.74) is 1.41. The highest BCUT2D eigenvalue weighted by atomic mass is 16.5. The van der Waals surface area contributed by atoms with E-state index >= 15 is 0 Å². The molecule has 8 nitrogen and oxygen atoms in total. The fourth-order valence-corrected chi connectivity index (χ4v) is 13.9. The van der Waals surface area contributed by atoms with Gasteiger partial charge in [-0.05, 0) is 156 Å². The van der Waals surface area contributed by atoms with Crippen LogP contribution in [0.25, 0.3) is 0 Å². The van der Waals surface area contributed by atoms with Crippen LogP contribution in [0.1, 0.15) is 166 Å². The van der Waals surface area contributed by atoms with Crippen molar-refractivity contribution < 1.29 is 29.0 Å². The number of allylic oxidation sites excluding steroid dienone is 2. The molecule has 0 saturated heterocycles. The zero-order chi connectivity index (χ0) is 40.5. The zero-order valence-corrected chi connectivity index (χ0v) is 36.5. The molecule has 5 saturated carbocycles. The van der Waals surface area contributed by atoms with Crippen LogP contribution in [0.4, 0.5) is 0 Å². The molecule has 0 aromatic heterocycles. The zero-order valence-electron chi connectivity index (χ0n) is 36.5. The van der Waals surface area contributed by atoms with E-state index in [-0.39, 0.29) is 57.5 Å². The molecule has 2 N–H and O–H groups in total. The summed E-state index contributed by atoms with van der Waals surface area (Å²) in [5, 5.41) is 12.9. The van der Waals surface area contributed by atoms with E-state index < -0.39 is 17.4 Å². The standard InChI is InChI=1S/C47H76N2O6/c1-29(2)39-33(50)25-47(23-24-49(30(3)4)28-37(51)48-27-31-13-12-14-31)22-21-45(10)32(40(39)47)15-16-35-44(9)19-18-36(55-38(52)26-42(5,6)41(53)54)43(7,8)34(44)17-20-46(35,45)11/h29-32,34-36H,12-28H2,1-11H3,(H,48,51)(H,53,54)/t32?,34?,35?,36?,44?,45-,46?,47?/m1/s1. The van der Waals surface area contributed by atoms with Gasteiger partial charge in [-0.15, -0.1) is 0 Å². The summed E-state index contributed by atoms with van der Waals surface area (Å²) in [7, 11) is 0. The van der Waals surface area contributed by atoms with Crippen LogP contribution in [0.15, 0.2) is 11.1 Å². The van der Waals surface area contributed by atoms with Gasteiger partial charge >= 0.3 is 11.9 Å². The molecule has 6 rings (SSSR count). The second-order valence-corrected chi connectivity index (χ2v) is 22.1. The van der Waals surface area contributed by atoms with E-state index in [1.54, 1.807) is 13.8 Å². The molecule has 55 heavy (non-hydrogen) atoms. The van der Waals surface area contributed by atoms with Gasteiger partial charge in [0.1, 0.15) is 6.10 Å². The third-order valence-electron chi connectivity index (χ3n) is 17.7. The van der Waals surface area contributed by atoms with Crippen molar-refractivity contribution in [1.82, 2.24) is 10.2 Å². The normalized spacial score (nSPS) is 37.2. The highest BCUT2D eigenvalue weighted by molar-refractivity contribution is 6.00. The van der Waals surface area contributed by atoms with Crippen LogP contribution < -0.4 is 5.32 Å². The summed E-state index contributed by atoms with van der Waals surface area (Å²) in [6, 6.07) is 0.249. The quantitative estimate of drug-likeness (QED) is 0.180. The lowest BCUT2D eigenvalue weighted by Crippen LogP contribution is -2.65. The van der Waals surface area contributed by atoms with Crippen LogP contribution in [0.3, 0.4) is 0 Å². The maximum absolute atomic E-state index is 14.2. The third kappa shape index (κ3) is 7.17. The number of carbonyl (C=O) groups excluding carboxylic acids is 3. The molecule has 0 aromatic rings. The van der Waals surface area contributed by atoms with Gasteiger partial charge < -0.3 is 15.2 Å². The molecule has 0 spiro atoms. The highest BCUT2D eigenvalue weighted by Gasteiger charge is 2.70. The molecule has 5 fully saturated rings. The van der Waals surface area contributed by atoms with Crippen molar-refractivity contribution in [3.05, 3.63) is 11.1 Å². The maximum Gasteiger partial charge on any atom is 0.309 e. The van der Waals surface area contributed by atoms with Crippen LogP contribution in [-0.4, -0.2) is 65.4 Å². The van der Waals surface area contributed by atoms with Gasteiger partial charge in [0.15, 0.2) is 5.78 Å². The number of nitrogens with one attached hydrogen (secondary N) is 1. The number of rotatable bonds is 13. The summed E-state index contributed by atoms with van der Waals surface area (Å²) in [4.78, 5) is 54.6. The number of carboxylic acid groups (broad SMARTS) is 1. The van der Waals surface area contributed by atoms with Gasteiger partial charge in [0.2, 0.25) is 5.91 Å². The number of carbonyl (C=O) groups is 4. The molecular formula is C47H76N2O6. The smallest absolute Gasteiger partial charge is 0.309 e. The first kappa shape index (κ1) is 42.4. The topological polar surface area (TPSA) is 113 Å². The van der Waals surface area contributed by atoms with Gasteiger partial charge in [-0.25, -0.2) is 0 Å². The van der Waals surface area contributed by atoms with E-state index in [1.807, 2.05) is 0 Å². The first-order chi connectivity index (χ1) is 25.5. The molecule has 6 aliphatic rings. The number of fused-ring (bicyclic) bond motifs is 7. The average molecular weight is 765 g/mol. The van der Waals surface area contributed by atoms with Crippen molar-refractivity contribution in [3.63, 3.8) is 0 Å². The van der Waals surface area contributed by atoms with Crippen LogP contribution in [-0.2, 0) is 23.9 Å². The molecule has 1 amide bonds. The Labute approximate surface area is 333 Å². The van der Waals surface area contributed by atoms with Crippen molar-refractivity contribution in [3.8, 4) is 0 Å². The van der Waals surface area contributed by atoms with E-state index in [4.69, 9.17) is 4.74 Å². The van der Waals surface area contributed by atoms with Gasteiger partial charge in [0.05, 0.1) is 18.4 Å². The molecule has 0 bridgehead atoms. The molecule has 8 heteroatoms. The summed E-state index contributed by atoms with van der Waals surface area (Å²) >= 11 is 0. The van der Waals surface area contributed by atoms with E-state index in [0.717, 1.165) is 76.5 Å². The number of amides is 1. The van der Waals surface area contributed by atoms with E-state index in [2.05, 4.69) is 72.5 Å². The monoisotopic (exact) mass is 765 g/mol. The molecular weight excluding hydrogens is 689 g/mol. The highest BCUT2D eigenvalue weighted by Crippen LogP contribution is 2.77. The summed E-state index contributed by atoms with van der Waals surface area (Å²) in [6.07, 6.45) is 13.4. The minimum absolute atomic E-state index is 0.0719. The second kappa shape index (κ2) is 14.9. The Morgan fingerprint density at radius 2 is 1.58 bits per heavy atom. The molecule has 0 heterocycles. The summed E-state index contributed by atoms with van der Waals surface area (Å²) < 4.78 is 6.19. The number of hydrogen-bond donors (Lipinski definition) is 2. The van der Waals surface area contributed by atoms with Gasteiger partial charge in [0, 0.05) is 29.8 Å². The number of aliphatic carboxylic acids is 1. The minimum atomic E-state index is -1.16. The molecule has 310 valence electrons. The Morgan fingerprint density at radius 3 is 2.18 bits per heavy atom. The summed E-state index contributed by atoms with van der Waals surface area (Å²) in [6.45, 7) is 26.4. The first-order valence-electron chi connectivity index (χ1n) is 22.2. The number of carboxylic acids is 1. The van der Waals surface area contributed by atoms with Crippen LogP contribution in [0.2, 0.25) is 0 Å². The van der Waals surface area contributed by atoms with E-state index in [0.29, 0.717) is 42.4 Å². The third-order valence-corrected chi connectivity index (χ3v) is 17.7. The van der Waals surface area contributed by atoms with Crippen molar-refractivity contribution in [2.45, 2.75) is 178 Å². The lowest BCUT2D eigenvalue weighted by molar-refractivity contribution is -0.233. The molecule has 7 unspecified atom stereocenters. The van der Waals surface area contributed by atoms with Gasteiger partial charge in [-0.3, -0.25) is 24.1 Å². The Bertz CT molecular complexity index is 1560. The predicted octanol–water partition coefficient (Wildman–Crippen LogP) is 9.40. The SMILES string of the molecule is CC(C)C1=C2C3CCC4C5(C)CCC(OC(=O)CC(C)(C)C(=O)O)C(C)(C)C5CCC4(C)[C@]3(C)CCC2(CCN(CC(=O)NCC2CCC2)C(C)C)CC1=O. The van der Waals surface area contributed by atoms with Crippen LogP contribution >= 0.6 is 0 Å². The summed E-state index contributed by atoms with van der Waals surface area (Å²) in [5.74, 6) is 1.26. The van der Waals surface area contributed by atoms with E-state index in [1.165, 1.54) is 24.8 Å². The van der Waals surface area contributed by atoms with Crippen molar-refractivity contribution in [2.75, 3.05) is 19.6 Å². The molecule has 0 aromatic carbocycles. The Morgan fingerprint density at radius 1 is 0.891 bits per heavy atom. The fraction of sp³-hybridized carbons (Fsp3) is 0.872. The number of hydrogen-bond acceptors (Lipinski definition) is 6. The van der Waals surface area contributed by atoms with Gasteiger partial charge in [-0.2, -0.15) is 0 Å². The Balaban J connectivity index is 1.23. The van der Waals surface area contributed by atoms with Crippen LogP contribution in [0, 0.1) is 62.1 Å². The number of Topliss-reactive ketones (excluding diaryl/α,β-unsaturated/α-hetero) is 1. The molecule has 8 atom stereocenters. The average Bonchev–Trinajstić information content (AvgIpc) is 3.35. The molecule has 6 aliphatic carbocycles. The van der Waals surface area contributed by atoms with Crippen molar-refractivity contribution in [1.29, 1.82) is 0 Å². The lowest BCUT2D eigenvalue weighted by atomic mass is 9.33. The maximum atomic E-state index is 14.2. The van der Waals surface area contributed by atoms with Crippen LogP contribution in [0.5, 0.6) is 0 Å². The first-order valence-corrected chi connectivity index (χ1v) is 22.2. The number of nitrogens with zero attached hydrogens (tertiary/aromatic N) is 1. The number of ether oxygens (including phenoxy) is 1. The lowest BCUT2D eigenvalue weighted by Gasteiger charge is -2.72. The predicted molar refractivity (Wildman–Crippen MR) is 217 cm³/mol. The van der Waals surface area contributed by atoms with Crippen molar-refractivity contribution in [2.24, 2.45) is 62.1 Å². The second-order valence-electron chi connectivity index (χ2n) is 22.1. The minimum Gasteiger partial charge on any atom is -0.481 e. The van der Waals surface area contributed by atoms with Gasteiger partial charge in [-0.1, -0.05) is 60.5 Å². The van der Waals surface area contributed by atoms with E-state index in [9.17, 15) is 24.3 Å². The Hall–Kier alpha value is -2.22. The number of ketones is 1. The molecule has 0 radical (unpaired) electrons. The van der Waals surface area contributed by atoms with Gasteiger partial charge in [0.25, 0.3) is 0 Å². The molecule has 0 aliphatic heterocycles. The van der Waals surface area contributed by atoms with Crippen molar-refractivity contribution >= 4 is 23.6 Å². The fourth-order valence-electron chi connectivity index (χ4n) is 13.9.